The average Bonchev–Trinajstić information content (AvgIpc) is 2.47. The summed E-state index contributed by atoms with van der Waals surface area (Å²) >= 11 is 5.90. The molecule has 0 saturated carbocycles. The summed E-state index contributed by atoms with van der Waals surface area (Å²) in [6, 6.07) is 10.9. The lowest BCUT2D eigenvalue weighted by atomic mass is 10.2. The lowest BCUT2D eigenvalue weighted by Crippen LogP contribution is -2.25. The summed E-state index contributed by atoms with van der Waals surface area (Å²) in [4.78, 5) is 23.6. The molecule has 0 bridgehead atoms. The number of hydrogen-bond donors (Lipinski definition) is 0. The second-order valence-corrected chi connectivity index (χ2v) is 4.85. The third-order valence-corrected chi connectivity index (χ3v) is 3.60. The van der Waals surface area contributed by atoms with E-state index in [1.54, 1.807) is 30.3 Å². The fraction of sp³-hybridized carbons (Fsp3) is 0.0667. The normalized spacial score (nSPS) is 11.0. The van der Waals surface area contributed by atoms with Crippen molar-refractivity contribution >= 4 is 22.5 Å². The third kappa shape index (κ3) is 2.36. The standard InChI is InChI=1S/C15H9ClFNO3/c16-13-9(4-3-6-11(13)17)8-18-12-7-2-1-5-10(12)14(19)21-15(18)20/h1-7H,8H2. The summed E-state index contributed by atoms with van der Waals surface area (Å²) in [6.07, 6.45) is 0. The molecule has 0 aliphatic carbocycles. The van der Waals surface area contributed by atoms with E-state index in [9.17, 15) is 14.0 Å². The molecule has 0 radical (unpaired) electrons. The maximum Gasteiger partial charge on any atom is 0.422 e. The Bertz CT molecular complexity index is 946. The molecule has 1 heterocycles. The third-order valence-electron chi connectivity index (χ3n) is 3.18. The Balaban J connectivity index is 2.24. The zero-order valence-electron chi connectivity index (χ0n) is 10.7. The van der Waals surface area contributed by atoms with E-state index in [0.29, 0.717) is 11.1 Å². The van der Waals surface area contributed by atoms with Crippen LogP contribution in [-0.4, -0.2) is 4.57 Å². The fourth-order valence-electron chi connectivity index (χ4n) is 2.16. The number of para-hydroxylation sites is 1. The van der Waals surface area contributed by atoms with Crippen LogP contribution < -0.4 is 11.4 Å². The maximum absolute atomic E-state index is 13.5. The molecule has 0 unspecified atom stereocenters. The minimum Gasteiger partial charge on any atom is -0.372 e. The van der Waals surface area contributed by atoms with E-state index in [4.69, 9.17) is 11.6 Å². The summed E-state index contributed by atoms with van der Waals surface area (Å²) in [5, 5.41) is 0.226. The van der Waals surface area contributed by atoms with Gasteiger partial charge in [0.05, 0.1) is 22.5 Å². The Labute approximate surface area is 123 Å². The molecular formula is C15H9ClFNO3. The molecule has 0 amide bonds. The van der Waals surface area contributed by atoms with Gasteiger partial charge in [-0.1, -0.05) is 35.9 Å². The highest BCUT2D eigenvalue weighted by atomic mass is 35.5. The number of hydrogen-bond acceptors (Lipinski definition) is 3. The van der Waals surface area contributed by atoms with Crippen LogP contribution in [0.25, 0.3) is 10.9 Å². The molecule has 0 atom stereocenters. The highest BCUT2D eigenvalue weighted by molar-refractivity contribution is 6.31. The van der Waals surface area contributed by atoms with Gasteiger partial charge in [-0.15, -0.1) is 0 Å². The zero-order valence-corrected chi connectivity index (χ0v) is 11.4. The van der Waals surface area contributed by atoms with E-state index in [1.165, 1.54) is 16.7 Å². The molecule has 106 valence electrons. The van der Waals surface area contributed by atoms with Gasteiger partial charge in [-0.2, -0.15) is 0 Å². The lowest BCUT2D eigenvalue weighted by Gasteiger charge is -2.10. The van der Waals surface area contributed by atoms with Crippen molar-refractivity contribution < 1.29 is 8.81 Å². The van der Waals surface area contributed by atoms with Crippen LogP contribution in [0.3, 0.4) is 0 Å². The molecule has 0 aliphatic heterocycles. The van der Waals surface area contributed by atoms with Crippen LogP contribution in [0.15, 0.2) is 56.5 Å². The summed E-state index contributed by atoms with van der Waals surface area (Å²) in [5.74, 6) is -1.37. The van der Waals surface area contributed by atoms with Crippen LogP contribution in [0.1, 0.15) is 5.56 Å². The first-order chi connectivity index (χ1) is 10.1. The van der Waals surface area contributed by atoms with Crippen LogP contribution >= 0.6 is 11.6 Å². The van der Waals surface area contributed by atoms with Crippen molar-refractivity contribution in [1.82, 2.24) is 4.57 Å². The van der Waals surface area contributed by atoms with E-state index in [-0.39, 0.29) is 17.0 Å². The van der Waals surface area contributed by atoms with Gasteiger partial charge in [0.2, 0.25) is 0 Å². The zero-order chi connectivity index (χ0) is 15.0. The van der Waals surface area contributed by atoms with E-state index >= 15 is 0 Å². The van der Waals surface area contributed by atoms with Gasteiger partial charge in [0.15, 0.2) is 0 Å². The van der Waals surface area contributed by atoms with E-state index in [1.807, 2.05) is 0 Å². The quantitative estimate of drug-likeness (QED) is 0.731. The Morgan fingerprint density at radius 2 is 1.86 bits per heavy atom. The summed E-state index contributed by atoms with van der Waals surface area (Å²) in [6.45, 7) is 0.0136. The number of rotatable bonds is 2. The van der Waals surface area contributed by atoms with Crippen molar-refractivity contribution in [2.45, 2.75) is 6.54 Å². The van der Waals surface area contributed by atoms with Gasteiger partial charge < -0.3 is 4.42 Å². The highest BCUT2D eigenvalue weighted by Gasteiger charge is 2.12. The van der Waals surface area contributed by atoms with Crippen LogP contribution in [0.2, 0.25) is 5.02 Å². The molecule has 6 heteroatoms. The Morgan fingerprint density at radius 1 is 1.10 bits per heavy atom. The number of fused-ring (bicyclic) bond motifs is 1. The lowest BCUT2D eigenvalue weighted by molar-refractivity contribution is 0.424. The second-order valence-electron chi connectivity index (χ2n) is 4.47. The molecule has 0 aliphatic rings. The highest BCUT2D eigenvalue weighted by Crippen LogP contribution is 2.21. The van der Waals surface area contributed by atoms with Crippen molar-refractivity contribution in [3.63, 3.8) is 0 Å². The number of nitrogens with zero attached hydrogens (tertiary/aromatic N) is 1. The predicted molar refractivity (Wildman–Crippen MR) is 77.3 cm³/mol. The summed E-state index contributed by atoms with van der Waals surface area (Å²) < 4.78 is 19.4. The Hall–Kier alpha value is -2.40. The SMILES string of the molecule is O=c1oc(=O)n(Cc2cccc(F)c2Cl)c2ccccc12. The molecule has 21 heavy (non-hydrogen) atoms. The number of halogens is 2. The smallest absolute Gasteiger partial charge is 0.372 e. The molecule has 0 saturated heterocycles. The van der Waals surface area contributed by atoms with E-state index in [0.717, 1.165) is 0 Å². The molecule has 0 N–H and O–H groups in total. The van der Waals surface area contributed by atoms with Crippen LogP contribution in [-0.2, 0) is 6.54 Å². The van der Waals surface area contributed by atoms with Gasteiger partial charge >= 0.3 is 11.4 Å². The van der Waals surface area contributed by atoms with Crippen LogP contribution in [0, 0.1) is 5.82 Å². The predicted octanol–water partition coefficient (Wildman–Crippen LogP) is 2.80. The van der Waals surface area contributed by atoms with Crippen molar-refractivity contribution in [3.05, 3.63) is 79.8 Å². The number of aromatic nitrogens is 1. The first kappa shape index (κ1) is 13.6. The minimum absolute atomic E-state index is 0.0136. The number of benzene rings is 2. The summed E-state index contributed by atoms with van der Waals surface area (Å²) in [7, 11) is 0. The molecule has 1 aromatic heterocycles. The molecule has 4 nitrogen and oxygen atoms in total. The van der Waals surface area contributed by atoms with Gasteiger partial charge in [-0.25, -0.2) is 14.0 Å². The second kappa shape index (κ2) is 5.18. The van der Waals surface area contributed by atoms with Gasteiger partial charge in [-0.05, 0) is 23.8 Å². The monoisotopic (exact) mass is 305 g/mol. The van der Waals surface area contributed by atoms with Crippen molar-refractivity contribution in [2.75, 3.05) is 0 Å². The molecule has 3 aromatic rings. The summed E-state index contributed by atoms with van der Waals surface area (Å²) in [5.41, 5.74) is 0.147. The first-order valence-corrected chi connectivity index (χ1v) is 6.51. The first-order valence-electron chi connectivity index (χ1n) is 6.13. The largest absolute Gasteiger partial charge is 0.422 e. The Kier molecular flexibility index (Phi) is 3.35. The van der Waals surface area contributed by atoms with Gasteiger partial charge in [0, 0.05) is 0 Å². The molecule has 0 spiro atoms. The fourth-order valence-corrected chi connectivity index (χ4v) is 2.35. The van der Waals surface area contributed by atoms with Crippen molar-refractivity contribution in [3.8, 4) is 0 Å². The topological polar surface area (TPSA) is 52.2 Å². The average molecular weight is 306 g/mol. The molecule has 0 fully saturated rings. The van der Waals surface area contributed by atoms with E-state index in [2.05, 4.69) is 4.42 Å². The minimum atomic E-state index is -0.806. The van der Waals surface area contributed by atoms with Crippen molar-refractivity contribution in [1.29, 1.82) is 0 Å². The molecule has 3 rings (SSSR count). The van der Waals surface area contributed by atoms with Gasteiger partial charge in [0.25, 0.3) is 0 Å². The van der Waals surface area contributed by atoms with E-state index < -0.39 is 17.2 Å². The maximum atomic E-state index is 13.5. The molecule has 2 aromatic carbocycles. The van der Waals surface area contributed by atoms with Crippen molar-refractivity contribution in [2.24, 2.45) is 0 Å². The van der Waals surface area contributed by atoms with Crippen LogP contribution in [0.4, 0.5) is 4.39 Å². The molecular weight excluding hydrogens is 297 g/mol. The Morgan fingerprint density at radius 3 is 2.67 bits per heavy atom. The van der Waals surface area contributed by atoms with Gasteiger partial charge in [0.1, 0.15) is 5.82 Å². The van der Waals surface area contributed by atoms with Gasteiger partial charge in [-0.3, -0.25) is 4.57 Å². The van der Waals surface area contributed by atoms with Crippen LogP contribution in [0.5, 0.6) is 0 Å².